The minimum absolute atomic E-state index is 0.0961. The first-order valence-electron chi connectivity index (χ1n) is 12.9. The molecule has 206 valence electrons. The Morgan fingerprint density at radius 3 is 2.19 bits per heavy atom. The summed E-state index contributed by atoms with van der Waals surface area (Å²) in [5.74, 6) is -0.152. The van der Waals surface area contributed by atoms with E-state index in [-0.39, 0.29) is 25.6 Å². The first-order valence-corrected chi connectivity index (χ1v) is 12.9. The molecule has 1 aromatic rings. The molecular formula is C27H42F3NO5. The number of piperidine rings is 1. The van der Waals surface area contributed by atoms with Gasteiger partial charge in [-0.1, -0.05) is 30.3 Å². The SMILES string of the molecule is CC(C)(C)OC(=O)N1CCC(CC(OCCOCCCCCOCc2ccccc2)C(F)(F)F)CC1. The van der Waals surface area contributed by atoms with Gasteiger partial charge >= 0.3 is 12.3 Å². The Hall–Kier alpha value is -1.84. The highest BCUT2D eigenvalue weighted by Crippen LogP contribution is 2.32. The fourth-order valence-electron chi connectivity index (χ4n) is 3.98. The molecule has 1 atom stereocenters. The Morgan fingerprint density at radius 2 is 1.58 bits per heavy atom. The summed E-state index contributed by atoms with van der Waals surface area (Å²) in [6.45, 7) is 7.94. The molecule has 1 aliphatic rings. The van der Waals surface area contributed by atoms with E-state index in [1.807, 2.05) is 30.3 Å². The van der Waals surface area contributed by atoms with Crippen LogP contribution in [-0.4, -0.2) is 68.4 Å². The molecule has 1 fully saturated rings. The molecular weight excluding hydrogens is 475 g/mol. The summed E-state index contributed by atoms with van der Waals surface area (Å²) >= 11 is 0. The van der Waals surface area contributed by atoms with Gasteiger partial charge in [0.2, 0.25) is 0 Å². The number of ether oxygens (including phenoxy) is 4. The lowest BCUT2D eigenvalue weighted by Crippen LogP contribution is -2.43. The van der Waals surface area contributed by atoms with E-state index in [1.165, 1.54) is 0 Å². The Morgan fingerprint density at radius 1 is 0.944 bits per heavy atom. The van der Waals surface area contributed by atoms with E-state index < -0.39 is 24.0 Å². The molecule has 1 unspecified atom stereocenters. The Labute approximate surface area is 213 Å². The van der Waals surface area contributed by atoms with Crippen LogP contribution in [-0.2, 0) is 25.6 Å². The smallest absolute Gasteiger partial charge is 0.414 e. The van der Waals surface area contributed by atoms with Crippen LogP contribution >= 0.6 is 0 Å². The zero-order valence-corrected chi connectivity index (χ0v) is 21.9. The van der Waals surface area contributed by atoms with Crippen LogP contribution in [0.3, 0.4) is 0 Å². The van der Waals surface area contributed by atoms with Crippen LogP contribution in [0.1, 0.15) is 64.9 Å². The molecule has 1 saturated heterocycles. The quantitative estimate of drug-likeness (QED) is 0.268. The van der Waals surface area contributed by atoms with Crippen LogP contribution in [0.4, 0.5) is 18.0 Å². The van der Waals surface area contributed by atoms with Crippen molar-refractivity contribution in [3.8, 4) is 0 Å². The summed E-state index contributed by atoms with van der Waals surface area (Å²) < 4.78 is 62.1. The summed E-state index contributed by atoms with van der Waals surface area (Å²) in [6, 6.07) is 9.97. The first-order chi connectivity index (χ1) is 17.0. The largest absolute Gasteiger partial charge is 0.444 e. The minimum atomic E-state index is -4.43. The highest BCUT2D eigenvalue weighted by Gasteiger charge is 2.42. The van der Waals surface area contributed by atoms with Crippen molar-refractivity contribution >= 4 is 6.09 Å². The lowest BCUT2D eigenvalue weighted by atomic mass is 9.91. The Kier molecular flexibility index (Phi) is 13.0. The van der Waals surface area contributed by atoms with Gasteiger partial charge in [-0.25, -0.2) is 4.79 Å². The number of benzene rings is 1. The second-order valence-electron chi connectivity index (χ2n) is 10.3. The summed E-state index contributed by atoms with van der Waals surface area (Å²) in [4.78, 5) is 13.7. The van der Waals surface area contributed by atoms with Crippen molar-refractivity contribution in [2.24, 2.45) is 5.92 Å². The summed E-state index contributed by atoms with van der Waals surface area (Å²) in [6.07, 6.45) is -3.09. The van der Waals surface area contributed by atoms with Crippen molar-refractivity contribution in [2.45, 2.75) is 83.8 Å². The van der Waals surface area contributed by atoms with Crippen molar-refractivity contribution in [2.75, 3.05) is 39.5 Å². The van der Waals surface area contributed by atoms with E-state index in [1.54, 1.807) is 25.7 Å². The van der Waals surface area contributed by atoms with Gasteiger partial charge in [0.25, 0.3) is 0 Å². The van der Waals surface area contributed by atoms with Crippen molar-refractivity contribution in [1.29, 1.82) is 0 Å². The topological polar surface area (TPSA) is 57.2 Å². The molecule has 1 aromatic carbocycles. The van der Waals surface area contributed by atoms with Crippen LogP contribution in [0.15, 0.2) is 30.3 Å². The molecule has 0 radical (unpaired) electrons. The van der Waals surface area contributed by atoms with Gasteiger partial charge in [-0.05, 0) is 70.8 Å². The molecule has 1 aliphatic heterocycles. The molecule has 9 heteroatoms. The lowest BCUT2D eigenvalue weighted by Gasteiger charge is -2.35. The Balaban J connectivity index is 1.53. The van der Waals surface area contributed by atoms with E-state index in [0.29, 0.717) is 45.8 Å². The molecule has 36 heavy (non-hydrogen) atoms. The van der Waals surface area contributed by atoms with Gasteiger partial charge in [0.05, 0.1) is 19.8 Å². The van der Waals surface area contributed by atoms with E-state index in [2.05, 4.69) is 0 Å². The molecule has 0 aromatic heterocycles. The lowest BCUT2D eigenvalue weighted by molar-refractivity contribution is -0.228. The van der Waals surface area contributed by atoms with Crippen LogP contribution in [0.5, 0.6) is 0 Å². The van der Waals surface area contributed by atoms with Crippen molar-refractivity contribution in [3.05, 3.63) is 35.9 Å². The van der Waals surface area contributed by atoms with Crippen molar-refractivity contribution < 1.29 is 36.9 Å². The van der Waals surface area contributed by atoms with Crippen molar-refractivity contribution in [3.63, 3.8) is 0 Å². The minimum Gasteiger partial charge on any atom is -0.444 e. The normalized spacial score (nSPS) is 16.2. The zero-order chi connectivity index (χ0) is 26.4. The standard InChI is InChI=1S/C27H42F3NO5/c1-26(2,3)36-25(32)31-14-12-22(13-15-31)20-24(27(28,29)30)35-19-18-33-16-8-5-9-17-34-21-23-10-6-4-7-11-23/h4,6-7,10-11,22,24H,5,8-9,12-21H2,1-3H3. The average molecular weight is 518 g/mol. The molecule has 2 rings (SSSR count). The van der Waals surface area contributed by atoms with Gasteiger partial charge in [-0.15, -0.1) is 0 Å². The third kappa shape index (κ3) is 12.9. The third-order valence-electron chi connectivity index (χ3n) is 5.91. The Bertz CT molecular complexity index is 731. The highest BCUT2D eigenvalue weighted by molar-refractivity contribution is 5.68. The van der Waals surface area contributed by atoms with Gasteiger partial charge in [-0.2, -0.15) is 13.2 Å². The number of hydrogen-bond acceptors (Lipinski definition) is 5. The highest BCUT2D eigenvalue weighted by atomic mass is 19.4. The van der Waals surface area contributed by atoms with E-state index >= 15 is 0 Å². The molecule has 0 spiro atoms. The number of carbonyl (C=O) groups is 1. The van der Waals surface area contributed by atoms with Crippen LogP contribution in [0.25, 0.3) is 0 Å². The maximum Gasteiger partial charge on any atom is 0.414 e. The van der Waals surface area contributed by atoms with Gasteiger partial charge in [0, 0.05) is 26.3 Å². The maximum absolute atomic E-state index is 13.5. The predicted molar refractivity (Wildman–Crippen MR) is 132 cm³/mol. The number of hydrogen-bond donors (Lipinski definition) is 0. The number of likely N-dealkylation sites (tertiary alicyclic amines) is 1. The molecule has 6 nitrogen and oxygen atoms in total. The summed E-state index contributed by atoms with van der Waals surface area (Å²) in [5, 5.41) is 0. The van der Waals surface area contributed by atoms with Gasteiger partial charge in [-0.3, -0.25) is 0 Å². The molecule has 0 saturated carbocycles. The number of amides is 1. The fraction of sp³-hybridized carbons (Fsp3) is 0.741. The van der Waals surface area contributed by atoms with E-state index in [9.17, 15) is 18.0 Å². The number of alkyl halides is 3. The molecule has 1 heterocycles. The van der Waals surface area contributed by atoms with Crippen LogP contribution < -0.4 is 0 Å². The predicted octanol–water partition coefficient (Wildman–Crippen LogP) is 6.37. The molecule has 0 N–H and O–H groups in total. The summed E-state index contributed by atoms with van der Waals surface area (Å²) in [7, 11) is 0. The summed E-state index contributed by atoms with van der Waals surface area (Å²) in [5.41, 5.74) is 0.548. The third-order valence-corrected chi connectivity index (χ3v) is 5.91. The van der Waals surface area contributed by atoms with Gasteiger partial charge in [0.15, 0.2) is 6.10 Å². The second-order valence-corrected chi connectivity index (χ2v) is 10.3. The molecule has 0 bridgehead atoms. The van der Waals surface area contributed by atoms with Crippen molar-refractivity contribution in [1.82, 2.24) is 4.90 Å². The van der Waals surface area contributed by atoms with E-state index in [0.717, 1.165) is 24.8 Å². The number of unbranched alkanes of at least 4 members (excludes halogenated alkanes) is 2. The van der Waals surface area contributed by atoms with E-state index in [4.69, 9.17) is 18.9 Å². The first kappa shape index (κ1) is 30.4. The number of halogens is 3. The maximum atomic E-state index is 13.5. The molecule has 0 aliphatic carbocycles. The second kappa shape index (κ2) is 15.4. The van der Waals surface area contributed by atoms with Gasteiger partial charge in [0.1, 0.15) is 5.60 Å². The van der Waals surface area contributed by atoms with Gasteiger partial charge < -0.3 is 23.8 Å². The van der Waals surface area contributed by atoms with Crippen LogP contribution in [0, 0.1) is 5.92 Å². The zero-order valence-electron chi connectivity index (χ0n) is 21.9. The number of rotatable bonds is 14. The fourth-order valence-corrected chi connectivity index (χ4v) is 3.98. The van der Waals surface area contributed by atoms with Crippen LogP contribution in [0.2, 0.25) is 0 Å². The monoisotopic (exact) mass is 517 g/mol. The number of carbonyl (C=O) groups excluding carboxylic acids is 1. The molecule has 1 amide bonds. The average Bonchev–Trinajstić information content (AvgIpc) is 2.81. The number of nitrogens with zero attached hydrogens (tertiary/aromatic N) is 1.